The summed E-state index contributed by atoms with van der Waals surface area (Å²) in [6.07, 6.45) is 1.58. The van der Waals surface area contributed by atoms with Gasteiger partial charge in [0.05, 0.1) is 45.6 Å². The number of ether oxygens (including phenoxy) is 1. The Hall–Kier alpha value is -2.03. The number of halogens is 1. The molecule has 1 aliphatic rings. The van der Waals surface area contributed by atoms with Gasteiger partial charge in [-0.25, -0.2) is 8.42 Å². The molecule has 34 heavy (non-hydrogen) atoms. The fourth-order valence-electron chi connectivity index (χ4n) is 4.19. The van der Waals surface area contributed by atoms with Crippen molar-refractivity contribution in [1.29, 1.82) is 0 Å². The quantitative estimate of drug-likeness (QED) is 0.384. The third-order valence-electron chi connectivity index (χ3n) is 5.96. The minimum atomic E-state index is -3.71. The van der Waals surface area contributed by atoms with E-state index in [0.29, 0.717) is 67.4 Å². The maximum atomic E-state index is 13.4. The normalized spacial score (nSPS) is 15.8. The van der Waals surface area contributed by atoms with Crippen molar-refractivity contribution in [2.24, 2.45) is 7.05 Å². The van der Waals surface area contributed by atoms with E-state index in [1.165, 1.54) is 4.31 Å². The highest BCUT2D eigenvalue weighted by Gasteiger charge is 2.29. The van der Waals surface area contributed by atoms with Crippen LogP contribution in [0.25, 0.3) is 22.4 Å². The lowest BCUT2D eigenvalue weighted by molar-refractivity contribution is 0.222. The molecule has 0 aliphatic carbocycles. The summed E-state index contributed by atoms with van der Waals surface area (Å²) in [5, 5.41) is 4.53. The van der Waals surface area contributed by atoms with E-state index in [9.17, 15) is 13.2 Å². The molecule has 0 bridgehead atoms. The summed E-state index contributed by atoms with van der Waals surface area (Å²) in [5.74, 6) is 0.805. The van der Waals surface area contributed by atoms with Crippen LogP contribution in [-0.4, -0.2) is 75.0 Å². The third kappa shape index (κ3) is 4.48. The van der Waals surface area contributed by atoms with Crippen molar-refractivity contribution in [1.82, 2.24) is 26.8 Å². The molecule has 4 rings (SSSR count). The molecular formula is C22H29IN6O4S. The molecule has 10 nitrogen and oxygen atoms in total. The predicted octanol–water partition coefficient (Wildman–Crippen LogP) is 2.28. The summed E-state index contributed by atoms with van der Waals surface area (Å²) >= 11 is 2.10. The monoisotopic (exact) mass is 600 g/mol. The average Bonchev–Trinajstić information content (AvgIpc) is 3.14. The molecule has 0 unspecified atom stereocenters. The molecule has 0 N–H and O–H groups in total. The molecule has 1 fully saturated rings. The highest BCUT2D eigenvalue weighted by atomic mass is 127. The first-order chi connectivity index (χ1) is 16.2. The van der Waals surface area contributed by atoms with Crippen molar-refractivity contribution >= 4 is 43.9 Å². The summed E-state index contributed by atoms with van der Waals surface area (Å²) in [5.41, 5.74) is 1.95. The zero-order valence-electron chi connectivity index (χ0n) is 19.8. The molecule has 0 radical (unpaired) electrons. The average molecular weight is 600 g/mol. The van der Waals surface area contributed by atoms with E-state index in [1.54, 1.807) is 32.7 Å². The molecular weight excluding hydrogens is 571 g/mol. The predicted molar refractivity (Wildman–Crippen MR) is 139 cm³/mol. The first-order valence-electron chi connectivity index (χ1n) is 11.3. The number of hydrogen-bond acceptors (Lipinski definition) is 7. The highest BCUT2D eigenvalue weighted by molar-refractivity contribution is 14.1. The number of benzene rings is 1. The maximum Gasteiger partial charge on any atom is 0.299 e. The molecule has 1 saturated heterocycles. The van der Waals surface area contributed by atoms with E-state index in [-0.39, 0.29) is 4.90 Å². The molecule has 184 valence electrons. The number of fused-ring (bicyclic) bond motifs is 1. The SMILES string of the molecule is CCCc1nn(C)c2c(=O)nc(-c3cc(S(=O)(=O)N4CCN(C)CC4)ccc3OCC)n(I)c12. The second-order valence-corrected chi connectivity index (χ2v) is 11.2. The lowest BCUT2D eigenvalue weighted by Gasteiger charge is -2.31. The Kier molecular flexibility index (Phi) is 7.31. The van der Waals surface area contributed by atoms with Gasteiger partial charge in [0.25, 0.3) is 5.56 Å². The minimum absolute atomic E-state index is 0.154. The largest absolute Gasteiger partial charge is 0.493 e. The number of likely N-dealkylation sites (N-methyl/N-ethyl adjacent to an activating group) is 1. The third-order valence-corrected chi connectivity index (χ3v) is 8.80. The van der Waals surface area contributed by atoms with Crippen LogP contribution >= 0.6 is 22.9 Å². The van der Waals surface area contributed by atoms with Gasteiger partial charge < -0.3 is 9.64 Å². The topological polar surface area (TPSA) is 103 Å². The molecule has 2 aromatic heterocycles. The van der Waals surface area contributed by atoms with E-state index in [4.69, 9.17) is 4.74 Å². The maximum absolute atomic E-state index is 13.4. The van der Waals surface area contributed by atoms with Crippen LogP contribution in [0.5, 0.6) is 5.75 Å². The summed E-state index contributed by atoms with van der Waals surface area (Å²) in [6.45, 7) is 6.51. The number of aryl methyl sites for hydroxylation is 2. The van der Waals surface area contributed by atoms with Crippen molar-refractivity contribution in [3.8, 4) is 17.1 Å². The number of rotatable bonds is 7. The fraction of sp³-hybridized carbons (Fsp3) is 0.500. The van der Waals surface area contributed by atoms with Gasteiger partial charge in [0.1, 0.15) is 11.3 Å². The second kappa shape index (κ2) is 9.91. The van der Waals surface area contributed by atoms with Crippen molar-refractivity contribution in [2.75, 3.05) is 39.8 Å². The summed E-state index contributed by atoms with van der Waals surface area (Å²) < 4.78 is 37.5. The standard InChI is InChI=1S/C22H29IN6O4S/c1-5-7-17-19-20(27(4)25-17)22(30)24-21(29(19)23)16-14-15(8-9-18(16)33-6-2)34(31,32)28-12-10-26(3)11-13-28/h8-9,14H,5-7,10-13H2,1-4H3. The number of sulfonamides is 1. The van der Waals surface area contributed by atoms with Gasteiger partial charge in [-0.2, -0.15) is 14.4 Å². The summed E-state index contributed by atoms with van der Waals surface area (Å²) in [6, 6.07) is 4.77. The number of aromatic nitrogens is 4. The van der Waals surface area contributed by atoms with Crippen LogP contribution in [0.4, 0.5) is 0 Å². The number of nitrogens with zero attached hydrogens (tertiary/aromatic N) is 6. The molecule has 1 aromatic carbocycles. The molecule has 0 amide bonds. The summed E-state index contributed by atoms with van der Waals surface area (Å²) in [7, 11) is 0.000984. The van der Waals surface area contributed by atoms with Gasteiger partial charge in [0.15, 0.2) is 11.3 Å². The van der Waals surface area contributed by atoms with E-state index in [0.717, 1.165) is 12.1 Å². The van der Waals surface area contributed by atoms with Gasteiger partial charge in [-0.15, -0.1) is 0 Å². The minimum Gasteiger partial charge on any atom is -0.493 e. The second-order valence-electron chi connectivity index (χ2n) is 8.34. The van der Waals surface area contributed by atoms with Crippen LogP contribution in [0.3, 0.4) is 0 Å². The Bertz CT molecular complexity index is 1380. The lowest BCUT2D eigenvalue weighted by atomic mass is 10.1. The Balaban J connectivity index is 1.91. The van der Waals surface area contributed by atoms with E-state index in [2.05, 4.69) is 44.8 Å². The van der Waals surface area contributed by atoms with Gasteiger partial charge in [0.2, 0.25) is 10.0 Å². The van der Waals surface area contributed by atoms with Gasteiger partial charge >= 0.3 is 0 Å². The molecule has 12 heteroatoms. The van der Waals surface area contributed by atoms with Crippen LogP contribution in [0.1, 0.15) is 26.0 Å². The molecule has 3 aromatic rings. The van der Waals surface area contributed by atoms with Crippen molar-refractivity contribution < 1.29 is 13.2 Å². The van der Waals surface area contributed by atoms with Crippen molar-refractivity contribution in [3.63, 3.8) is 0 Å². The molecule has 0 atom stereocenters. The zero-order chi connectivity index (χ0) is 24.6. The van der Waals surface area contributed by atoms with E-state index < -0.39 is 15.6 Å². The zero-order valence-corrected chi connectivity index (χ0v) is 22.8. The lowest BCUT2D eigenvalue weighted by Crippen LogP contribution is -2.47. The van der Waals surface area contributed by atoms with E-state index in [1.807, 2.05) is 14.0 Å². The fourth-order valence-corrected chi connectivity index (χ4v) is 6.51. The first-order valence-corrected chi connectivity index (χ1v) is 13.7. The summed E-state index contributed by atoms with van der Waals surface area (Å²) in [4.78, 5) is 19.6. The first kappa shape index (κ1) is 25.1. The van der Waals surface area contributed by atoms with Crippen LogP contribution in [0.15, 0.2) is 27.9 Å². The van der Waals surface area contributed by atoms with Crippen LogP contribution in [0.2, 0.25) is 0 Å². The van der Waals surface area contributed by atoms with Gasteiger partial charge in [0, 0.05) is 33.2 Å². The van der Waals surface area contributed by atoms with Crippen molar-refractivity contribution in [3.05, 3.63) is 34.2 Å². The highest BCUT2D eigenvalue weighted by Crippen LogP contribution is 2.35. The molecule has 3 heterocycles. The van der Waals surface area contributed by atoms with Crippen LogP contribution < -0.4 is 10.3 Å². The molecule has 0 saturated carbocycles. The molecule has 0 spiro atoms. The Morgan fingerprint density at radius 1 is 1.09 bits per heavy atom. The smallest absolute Gasteiger partial charge is 0.299 e. The van der Waals surface area contributed by atoms with Crippen molar-refractivity contribution in [2.45, 2.75) is 31.6 Å². The van der Waals surface area contributed by atoms with Crippen LogP contribution in [0, 0.1) is 0 Å². The Morgan fingerprint density at radius 2 is 1.79 bits per heavy atom. The van der Waals surface area contributed by atoms with Gasteiger partial charge in [-0.05, 0) is 38.6 Å². The van der Waals surface area contributed by atoms with E-state index >= 15 is 0 Å². The van der Waals surface area contributed by atoms with Crippen LogP contribution in [-0.2, 0) is 23.5 Å². The molecule has 1 aliphatic heterocycles. The number of hydrogen-bond donors (Lipinski definition) is 0. The Morgan fingerprint density at radius 3 is 2.44 bits per heavy atom. The Labute approximate surface area is 213 Å². The number of piperazine rings is 1. The van der Waals surface area contributed by atoms with Gasteiger partial charge in [-0.1, -0.05) is 13.3 Å². The van der Waals surface area contributed by atoms with Gasteiger partial charge in [-0.3, -0.25) is 12.3 Å².